The minimum absolute atomic E-state index is 0.0547. The molecule has 116 valence electrons. The number of rotatable bonds is 6. The molecule has 1 aliphatic heterocycles. The number of amides is 1. The van der Waals surface area contributed by atoms with Crippen LogP contribution in [0.25, 0.3) is 0 Å². The number of nitrogens with zero attached hydrogens (tertiary/aromatic N) is 1. The molecule has 1 aliphatic rings. The molecule has 1 aromatic carbocycles. The van der Waals surface area contributed by atoms with Crippen molar-refractivity contribution in [3.8, 4) is 11.5 Å². The zero-order chi connectivity index (χ0) is 15.4. The quantitative estimate of drug-likeness (QED) is 0.875. The maximum absolute atomic E-state index is 12.3. The number of carbonyl (C=O) groups excluding carboxylic acids is 1. The Morgan fingerprint density at radius 2 is 2.10 bits per heavy atom. The van der Waals surface area contributed by atoms with Gasteiger partial charge < -0.3 is 19.5 Å². The fourth-order valence-electron chi connectivity index (χ4n) is 2.39. The van der Waals surface area contributed by atoms with Crippen molar-refractivity contribution in [3.05, 3.63) is 17.7 Å². The van der Waals surface area contributed by atoms with Crippen LogP contribution in [0, 0.1) is 0 Å². The van der Waals surface area contributed by atoms with Crippen LogP contribution >= 0.6 is 0 Å². The lowest BCUT2D eigenvalue weighted by Gasteiger charge is -2.34. The van der Waals surface area contributed by atoms with E-state index in [1.807, 2.05) is 13.8 Å². The molecule has 0 aliphatic carbocycles. The van der Waals surface area contributed by atoms with Crippen LogP contribution < -0.4 is 14.4 Å². The molecule has 1 amide bonds. The minimum atomic E-state index is -0.520. The SMILES string of the molecule is CCCOc1cc(CO)cc2c1OC(C)C(=O)N2CCC. The average Bonchev–Trinajstić information content (AvgIpc) is 2.49. The van der Waals surface area contributed by atoms with Crippen molar-refractivity contribution in [2.45, 2.75) is 46.3 Å². The van der Waals surface area contributed by atoms with Crippen LogP contribution in [-0.4, -0.2) is 30.3 Å². The van der Waals surface area contributed by atoms with Gasteiger partial charge in [0.05, 0.1) is 18.9 Å². The van der Waals surface area contributed by atoms with E-state index >= 15 is 0 Å². The topological polar surface area (TPSA) is 59.0 Å². The van der Waals surface area contributed by atoms with Gasteiger partial charge in [0.2, 0.25) is 0 Å². The molecular weight excluding hydrogens is 270 g/mol. The summed E-state index contributed by atoms with van der Waals surface area (Å²) in [7, 11) is 0. The molecule has 0 radical (unpaired) electrons. The van der Waals surface area contributed by atoms with Gasteiger partial charge in [-0.2, -0.15) is 0 Å². The minimum Gasteiger partial charge on any atom is -0.490 e. The maximum Gasteiger partial charge on any atom is 0.267 e. The Kier molecular flexibility index (Phi) is 5.07. The third kappa shape index (κ3) is 3.13. The van der Waals surface area contributed by atoms with Gasteiger partial charge in [0.15, 0.2) is 17.6 Å². The van der Waals surface area contributed by atoms with Gasteiger partial charge in [-0.1, -0.05) is 13.8 Å². The monoisotopic (exact) mass is 293 g/mol. The van der Waals surface area contributed by atoms with Crippen LogP contribution in [0.15, 0.2) is 12.1 Å². The number of hydrogen-bond donors (Lipinski definition) is 1. The average molecular weight is 293 g/mol. The Morgan fingerprint density at radius 1 is 1.33 bits per heavy atom. The van der Waals surface area contributed by atoms with E-state index in [1.165, 1.54) is 0 Å². The van der Waals surface area contributed by atoms with Crippen molar-refractivity contribution in [2.24, 2.45) is 0 Å². The molecule has 1 heterocycles. The van der Waals surface area contributed by atoms with Gasteiger partial charge >= 0.3 is 0 Å². The van der Waals surface area contributed by atoms with Gasteiger partial charge in [0, 0.05) is 6.54 Å². The molecule has 0 saturated heterocycles. The zero-order valence-electron chi connectivity index (χ0n) is 12.9. The molecule has 0 bridgehead atoms. The highest BCUT2D eigenvalue weighted by Crippen LogP contribution is 2.43. The molecule has 0 aromatic heterocycles. The highest BCUT2D eigenvalue weighted by atomic mass is 16.5. The summed E-state index contributed by atoms with van der Waals surface area (Å²) in [5.74, 6) is 1.14. The van der Waals surface area contributed by atoms with Gasteiger partial charge in [-0.05, 0) is 37.5 Å². The van der Waals surface area contributed by atoms with Crippen LogP contribution in [0.4, 0.5) is 5.69 Å². The lowest BCUT2D eigenvalue weighted by atomic mass is 10.1. The molecule has 21 heavy (non-hydrogen) atoms. The molecule has 0 fully saturated rings. The highest BCUT2D eigenvalue weighted by Gasteiger charge is 2.33. The number of anilines is 1. The second kappa shape index (κ2) is 6.80. The van der Waals surface area contributed by atoms with E-state index in [2.05, 4.69) is 0 Å². The first-order valence-electron chi connectivity index (χ1n) is 7.50. The van der Waals surface area contributed by atoms with Gasteiger partial charge in [-0.15, -0.1) is 0 Å². The molecule has 1 N–H and O–H groups in total. The van der Waals surface area contributed by atoms with Crippen LogP contribution in [0.1, 0.15) is 39.2 Å². The Balaban J connectivity index is 2.49. The number of aliphatic hydroxyl groups excluding tert-OH is 1. The number of fused-ring (bicyclic) bond motifs is 1. The van der Waals surface area contributed by atoms with Crippen LogP contribution in [0.5, 0.6) is 11.5 Å². The summed E-state index contributed by atoms with van der Waals surface area (Å²) in [6.45, 7) is 6.90. The smallest absolute Gasteiger partial charge is 0.267 e. The van der Waals surface area contributed by atoms with Gasteiger partial charge in [-0.3, -0.25) is 4.79 Å². The number of benzene rings is 1. The number of carbonyl (C=O) groups is 1. The summed E-state index contributed by atoms with van der Waals surface area (Å²) in [5.41, 5.74) is 1.41. The standard InChI is InChI=1S/C16H23NO4/c1-4-6-17-13-8-12(10-18)9-14(20-7-5-2)15(13)21-11(3)16(17)19/h8-9,11,18H,4-7,10H2,1-3H3. The van der Waals surface area contributed by atoms with Crippen LogP contribution in [-0.2, 0) is 11.4 Å². The van der Waals surface area contributed by atoms with Crippen molar-refractivity contribution in [1.82, 2.24) is 0 Å². The fraction of sp³-hybridized carbons (Fsp3) is 0.562. The fourth-order valence-corrected chi connectivity index (χ4v) is 2.39. The third-order valence-corrected chi connectivity index (χ3v) is 3.39. The molecule has 1 aromatic rings. The van der Waals surface area contributed by atoms with Gasteiger partial charge in [0.25, 0.3) is 5.91 Å². The van der Waals surface area contributed by atoms with Crippen molar-refractivity contribution in [1.29, 1.82) is 0 Å². The van der Waals surface area contributed by atoms with Crippen molar-refractivity contribution >= 4 is 11.6 Å². The Labute approximate surface area is 125 Å². The van der Waals surface area contributed by atoms with Crippen LogP contribution in [0.2, 0.25) is 0 Å². The summed E-state index contributed by atoms with van der Waals surface area (Å²) >= 11 is 0. The highest BCUT2D eigenvalue weighted by molar-refractivity contribution is 6.00. The Bertz CT molecular complexity index is 515. The molecule has 1 unspecified atom stereocenters. The van der Waals surface area contributed by atoms with E-state index in [4.69, 9.17) is 9.47 Å². The summed E-state index contributed by atoms with van der Waals surface area (Å²) in [4.78, 5) is 14.0. The van der Waals surface area contributed by atoms with Crippen molar-refractivity contribution < 1.29 is 19.4 Å². The van der Waals surface area contributed by atoms with Gasteiger partial charge in [-0.25, -0.2) is 0 Å². The van der Waals surface area contributed by atoms with Gasteiger partial charge in [0.1, 0.15) is 0 Å². The summed E-state index contributed by atoms with van der Waals surface area (Å²) in [6.07, 6.45) is 1.21. The molecular formula is C16H23NO4. The first-order chi connectivity index (χ1) is 10.1. The summed E-state index contributed by atoms with van der Waals surface area (Å²) < 4.78 is 11.5. The summed E-state index contributed by atoms with van der Waals surface area (Å²) in [5, 5.41) is 9.42. The second-order valence-electron chi connectivity index (χ2n) is 5.20. The number of hydrogen-bond acceptors (Lipinski definition) is 4. The Morgan fingerprint density at radius 3 is 2.71 bits per heavy atom. The molecule has 0 spiro atoms. The van der Waals surface area contributed by atoms with Crippen LogP contribution in [0.3, 0.4) is 0 Å². The van der Waals surface area contributed by atoms with Crippen molar-refractivity contribution in [3.63, 3.8) is 0 Å². The molecule has 5 nitrogen and oxygen atoms in total. The van der Waals surface area contributed by atoms with Crippen molar-refractivity contribution in [2.75, 3.05) is 18.1 Å². The molecule has 1 atom stereocenters. The summed E-state index contributed by atoms with van der Waals surface area (Å²) in [6, 6.07) is 3.58. The second-order valence-corrected chi connectivity index (χ2v) is 5.20. The predicted octanol–water partition coefficient (Wildman–Crippen LogP) is 2.49. The normalized spacial score (nSPS) is 17.4. The molecule has 2 rings (SSSR count). The predicted molar refractivity (Wildman–Crippen MR) is 80.9 cm³/mol. The Hall–Kier alpha value is -1.75. The van der Waals surface area contributed by atoms with E-state index in [0.717, 1.165) is 12.8 Å². The van der Waals surface area contributed by atoms with E-state index in [0.29, 0.717) is 35.9 Å². The van der Waals surface area contributed by atoms with E-state index in [9.17, 15) is 9.90 Å². The zero-order valence-corrected chi connectivity index (χ0v) is 12.9. The first kappa shape index (κ1) is 15.6. The first-order valence-corrected chi connectivity index (χ1v) is 7.50. The third-order valence-electron chi connectivity index (χ3n) is 3.39. The molecule has 5 heteroatoms. The van der Waals surface area contributed by atoms with E-state index in [-0.39, 0.29) is 12.5 Å². The number of ether oxygens (including phenoxy) is 2. The molecule has 0 saturated carbocycles. The largest absolute Gasteiger partial charge is 0.490 e. The van der Waals surface area contributed by atoms with E-state index < -0.39 is 6.10 Å². The lowest BCUT2D eigenvalue weighted by Crippen LogP contribution is -2.45. The van der Waals surface area contributed by atoms with E-state index in [1.54, 1.807) is 24.0 Å². The number of aliphatic hydroxyl groups is 1. The maximum atomic E-state index is 12.3. The lowest BCUT2D eigenvalue weighted by molar-refractivity contribution is -0.125.